The summed E-state index contributed by atoms with van der Waals surface area (Å²) >= 11 is 0. The van der Waals surface area contributed by atoms with Crippen LogP contribution in [0.1, 0.15) is 114 Å². The first kappa shape index (κ1) is 35.2. The van der Waals surface area contributed by atoms with Crippen LogP contribution in [0.3, 0.4) is 0 Å². The van der Waals surface area contributed by atoms with E-state index in [2.05, 4.69) is 79.1 Å². The fourth-order valence-electron chi connectivity index (χ4n) is 7.92. The van der Waals surface area contributed by atoms with Crippen LogP contribution in [0.15, 0.2) is 48.5 Å². The van der Waals surface area contributed by atoms with Gasteiger partial charge in [0.1, 0.15) is 0 Å². The zero-order chi connectivity index (χ0) is 32.6. The number of primary amides is 2. The van der Waals surface area contributed by atoms with Gasteiger partial charge in [0.05, 0.1) is 0 Å². The van der Waals surface area contributed by atoms with E-state index in [-0.39, 0.29) is 29.1 Å². The minimum Gasteiger partial charge on any atom is -0.369 e. The average molecular weight is 617 g/mol. The zero-order valence-corrected chi connectivity index (χ0v) is 28.8. The normalized spacial score (nSPS) is 19.7. The molecule has 2 aliphatic heterocycles. The first-order valence-corrected chi connectivity index (χ1v) is 17.7. The van der Waals surface area contributed by atoms with Crippen molar-refractivity contribution in [1.82, 2.24) is 9.80 Å². The van der Waals surface area contributed by atoms with Crippen molar-refractivity contribution in [3.63, 3.8) is 0 Å². The van der Waals surface area contributed by atoms with Gasteiger partial charge in [0.15, 0.2) is 0 Å². The maximum Gasteiger partial charge on any atom is 0.220 e. The summed E-state index contributed by atoms with van der Waals surface area (Å²) in [5, 5.41) is 0. The quantitative estimate of drug-likeness (QED) is 0.226. The summed E-state index contributed by atoms with van der Waals surface area (Å²) in [6.45, 7) is 17.6. The summed E-state index contributed by atoms with van der Waals surface area (Å²) in [6, 6.07) is 18.1. The SMILES string of the molecule is CCC(CC(C)c1ccc(CN2CCC(C3CCN(Cc4ccc(C(C)(C)CC(CC)C(N)=O)cc4)CC3)CC2)cc1)C(N)=O. The van der Waals surface area contributed by atoms with Crippen molar-refractivity contribution in [2.75, 3.05) is 26.2 Å². The molecule has 248 valence electrons. The van der Waals surface area contributed by atoms with Crippen LogP contribution in [0, 0.1) is 23.7 Å². The molecule has 0 saturated carbocycles. The Morgan fingerprint density at radius 3 is 1.56 bits per heavy atom. The number of benzene rings is 2. The van der Waals surface area contributed by atoms with Gasteiger partial charge in [-0.25, -0.2) is 0 Å². The Hall–Kier alpha value is -2.70. The standard InChI is InChI=1S/C39H60N4O2/c1-6-31(37(40)44)24-28(3)33-12-8-29(9-13-33)26-42-20-16-34(17-21-42)35-18-22-43(23-19-35)27-30-10-14-36(15-11-30)39(4,5)25-32(7-2)38(41)45/h8-15,28,31-32,34-35H,6-7,16-27H2,1-5H3,(H2,40,44)(H2,41,45). The van der Waals surface area contributed by atoms with E-state index in [4.69, 9.17) is 11.5 Å². The zero-order valence-electron chi connectivity index (χ0n) is 28.8. The van der Waals surface area contributed by atoms with Gasteiger partial charge in [-0.05, 0) is 123 Å². The van der Waals surface area contributed by atoms with Crippen molar-refractivity contribution < 1.29 is 9.59 Å². The maximum absolute atomic E-state index is 11.8. The second kappa shape index (κ2) is 16.2. The van der Waals surface area contributed by atoms with Gasteiger partial charge in [0.25, 0.3) is 0 Å². The lowest BCUT2D eigenvalue weighted by molar-refractivity contribution is -0.123. The number of nitrogens with two attached hydrogens (primary N) is 2. The molecular formula is C39H60N4O2. The minimum atomic E-state index is -0.187. The highest BCUT2D eigenvalue weighted by Gasteiger charge is 2.30. The second-order valence-electron chi connectivity index (χ2n) is 14.9. The number of carbonyl (C=O) groups is 2. The molecule has 0 aromatic heterocycles. The molecule has 6 nitrogen and oxygen atoms in total. The smallest absolute Gasteiger partial charge is 0.220 e. The lowest BCUT2D eigenvalue weighted by Crippen LogP contribution is -2.40. The molecule has 4 rings (SSSR count). The molecule has 0 aliphatic carbocycles. The van der Waals surface area contributed by atoms with Crippen LogP contribution in [-0.2, 0) is 28.1 Å². The first-order chi connectivity index (χ1) is 21.5. The molecule has 0 bridgehead atoms. The predicted octanol–water partition coefficient (Wildman–Crippen LogP) is 7.00. The Morgan fingerprint density at radius 1 is 0.733 bits per heavy atom. The Labute approximate surface area is 273 Å². The molecule has 6 heteroatoms. The van der Waals surface area contributed by atoms with E-state index in [0.29, 0.717) is 5.92 Å². The van der Waals surface area contributed by atoms with Gasteiger partial charge in [-0.15, -0.1) is 0 Å². The van der Waals surface area contributed by atoms with Crippen LogP contribution in [0.4, 0.5) is 0 Å². The predicted molar refractivity (Wildman–Crippen MR) is 186 cm³/mol. The third-order valence-corrected chi connectivity index (χ3v) is 11.2. The van der Waals surface area contributed by atoms with Crippen LogP contribution in [0.25, 0.3) is 0 Å². The van der Waals surface area contributed by atoms with Crippen LogP contribution in [-0.4, -0.2) is 47.8 Å². The summed E-state index contributed by atoms with van der Waals surface area (Å²) in [4.78, 5) is 28.7. The van der Waals surface area contributed by atoms with E-state index in [1.807, 2.05) is 13.8 Å². The highest BCUT2D eigenvalue weighted by atomic mass is 16.1. The molecule has 2 aliphatic rings. The molecule has 2 heterocycles. The van der Waals surface area contributed by atoms with E-state index in [1.54, 1.807) is 0 Å². The van der Waals surface area contributed by atoms with Crippen molar-refractivity contribution in [2.45, 2.75) is 110 Å². The van der Waals surface area contributed by atoms with Crippen LogP contribution >= 0.6 is 0 Å². The lowest BCUT2D eigenvalue weighted by atomic mass is 9.76. The summed E-state index contributed by atoms with van der Waals surface area (Å²) in [5.74, 6) is 1.57. The summed E-state index contributed by atoms with van der Waals surface area (Å²) < 4.78 is 0. The number of carbonyl (C=O) groups excluding carboxylic acids is 2. The third-order valence-electron chi connectivity index (χ3n) is 11.2. The van der Waals surface area contributed by atoms with E-state index < -0.39 is 0 Å². The van der Waals surface area contributed by atoms with Crippen molar-refractivity contribution in [3.05, 3.63) is 70.8 Å². The van der Waals surface area contributed by atoms with Gasteiger partial charge in [0, 0.05) is 24.9 Å². The number of nitrogens with zero attached hydrogens (tertiary/aromatic N) is 2. The van der Waals surface area contributed by atoms with Gasteiger partial charge in [-0.2, -0.15) is 0 Å². The van der Waals surface area contributed by atoms with Gasteiger partial charge in [0.2, 0.25) is 11.8 Å². The van der Waals surface area contributed by atoms with Crippen LogP contribution < -0.4 is 11.5 Å². The Balaban J connectivity index is 1.17. The molecule has 2 amide bonds. The number of hydrogen-bond acceptors (Lipinski definition) is 4. The fraction of sp³-hybridized carbons (Fsp3) is 0.641. The molecule has 2 aromatic carbocycles. The summed E-state index contributed by atoms with van der Waals surface area (Å²) in [6.07, 6.45) is 8.48. The van der Waals surface area contributed by atoms with E-state index >= 15 is 0 Å². The number of piperidine rings is 2. The van der Waals surface area contributed by atoms with Gasteiger partial charge < -0.3 is 11.5 Å². The van der Waals surface area contributed by atoms with E-state index in [9.17, 15) is 9.59 Å². The summed E-state index contributed by atoms with van der Waals surface area (Å²) in [7, 11) is 0. The first-order valence-electron chi connectivity index (χ1n) is 17.7. The number of likely N-dealkylation sites (tertiary alicyclic amines) is 2. The van der Waals surface area contributed by atoms with Crippen molar-refractivity contribution >= 4 is 11.8 Å². The fourth-order valence-corrected chi connectivity index (χ4v) is 7.92. The summed E-state index contributed by atoms with van der Waals surface area (Å²) in [5.41, 5.74) is 16.5. The third kappa shape index (κ3) is 9.89. The highest BCUT2D eigenvalue weighted by molar-refractivity contribution is 5.77. The van der Waals surface area contributed by atoms with Gasteiger partial charge in [-0.1, -0.05) is 83.1 Å². The highest BCUT2D eigenvalue weighted by Crippen LogP contribution is 2.35. The van der Waals surface area contributed by atoms with Crippen molar-refractivity contribution in [2.24, 2.45) is 35.1 Å². The van der Waals surface area contributed by atoms with Gasteiger partial charge in [-0.3, -0.25) is 19.4 Å². The Kier molecular flexibility index (Phi) is 12.7. The Morgan fingerprint density at radius 2 is 1.16 bits per heavy atom. The Bertz CT molecular complexity index is 1210. The van der Waals surface area contributed by atoms with Crippen LogP contribution in [0.2, 0.25) is 0 Å². The van der Waals surface area contributed by atoms with Gasteiger partial charge >= 0.3 is 0 Å². The molecule has 2 aromatic rings. The monoisotopic (exact) mass is 616 g/mol. The number of amides is 2. The molecule has 3 atom stereocenters. The van der Waals surface area contributed by atoms with Crippen molar-refractivity contribution in [1.29, 1.82) is 0 Å². The molecule has 45 heavy (non-hydrogen) atoms. The lowest BCUT2D eigenvalue weighted by Gasteiger charge is -2.40. The molecule has 4 N–H and O–H groups in total. The van der Waals surface area contributed by atoms with E-state index in [0.717, 1.165) is 50.6 Å². The minimum absolute atomic E-state index is 0.0419. The maximum atomic E-state index is 11.8. The van der Waals surface area contributed by atoms with E-state index in [1.165, 1.54) is 74.1 Å². The molecule has 3 unspecified atom stereocenters. The molecule has 2 saturated heterocycles. The second-order valence-corrected chi connectivity index (χ2v) is 14.9. The number of rotatable bonds is 15. The molecule has 0 radical (unpaired) electrons. The largest absolute Gasteiger partial charge is 0.369 e. The van der Waals surface area contributed by atoms with Crippen LogP contribution in [0.5, 0.6) is 0 Å². The topological polar surface area (TPSA) is 92.7 Å². The number of hydrogen-bond donors (Lipinski definition) is 2. The molecule has 0 spiro atoms. The molecular weight excluding hydrogens is 556 g/mol. The average Bonchev–Trinajstić information content (AvgIpc) is 3.03. The van der Waals surface area contributed by atoms with Crippen molar-refractivity contribution in [3.8, 4) is 0 Å². The molecule has 2 fully saturated rings.